The van der Waals surface area contributed by atoms with Gasteiger partial charge in [-0.2, -0.15) is 0 Å². The summed E-state index contributed by atoms with van der Waals surface area (Å²) in [5.41, 5.74) is 0.736. The number of carbonyl (C=O) groups is 1. The smallest absolute Gasteiger partial charge is 0.220 e. The first-order chi connectivity index (χ1) is 16.7. The monoisotopic (exact) mass is 491 g/mol. The third kappa shape index (κ3) is 6.12. The molecular weight excluding hydrogens is 430 g/mol. The van der Waals surface area contributed by atoms with Crippen molar-refractivity contribution in [3.05, 3.63) is 0 Å². The van der Waals surface area contributed by atoms with E-state index in [4.69, 9.17) is 0 Å². The topological polar surface area (TPSA) is 49.3 Å². The maximum atomic E-state index is 12.2. The van der Waals surface area contributed by atoms with Crippen LogP contribution in [-0.4, -0.2) is 23.7 Å². The van der Waals surface area contributed by atoms with Gasteiger partial charge in [-0.05, 0) is 97.2 Å². The summed E-state index contributed by atoms with van der Waals surface area (Å²) in [6, 6.07) is 0.322. The van der Waals surface area contributed by atoms with Gasteiger partial charge in [0.25, 0.3) is 0 Å². The SMILES string of the molecule is CC.CC.CC(C)CCCC(C)C1CCC2C3C(CCO)CC4NC(=O)CC[C@]4(C)C3CC[C@]12C. The Hall–Kier alpha value is -0.570. The number of amides is 1. The van der Waals surface area contributed by atoms with Gasteiger partial charge in [0, 0.05) is 19.1 Å². The van der Waals surface area contributed by atoms with Gasteiger partial charge in [0.2, 0.25) is 5.91 Å². The summed E-state index contributed by atoms with van der Waals surface area (Å²) in [7, 11) is 0. The highest BCUT2D eigenvalue weighted by Crippen LogP contribution is 2.68. The minimum Gasteiger partial charge on any atom is -0.396 e. The van der Waals surface area contributed by atoms with E-state index in [0.29, 0.717) is 30.4 Å². The maximum Gasteiger partial charge on any atom is 0.220 e. The first kappa shape index (κ1) is 30.7. The van der Waals surface area contributed by atoms with Gasteiger partial charge in [-0.3, -0.25) is 4.79 Å². The zero-order valence-corrected chi connectivity index (χ0v) is 25.0. The van der Waals surface area contributed by atoms with Crippen LogP contribution in [-0.2, 0) is 4.79 Å². The average Bonchev–Trinajstić information content (AvgIpc) is 3.20. The van der Waals surface area contributed by atoms with Gasteiger partial charge < -0.3 is 10.4 Å². The van der Waals surface area contributed by atoms with Crippen LogP contribution in [0, 0.1) is 52.3 Å². The van der Waals surface area contributed by atoms with Crippen LogP contribution in [0.3, 0.4) is 0 Å². The Kier molecular flexibility index (Phi) is 11.6. The highest BCUT2D eigenvalue weighted by atomic mass is 16.3. The molecule has 4 aliphatic rings. The number of nitrogens with one attached hydrogen (secondary N) is 1. The van der Waals surface area contributed by atoms with Gasteiger partial charge in [0.1, 0.15) is 0 Å². The Morgan fingerprint density at radius 3 is 2.23 bits per heavy atom. The van der Waals surface area contributed by atoms with Gasteiger partial charge in [-0.1, -0.05) is 81.6 Å². The molecule has 1 heterocycles. The molecule has 7 unspecified atom stereocenters. The van der Waals surface area contributed by atoms with Gasteiger partial charge >= 0.3 is 0 Å². The van der Waals surface area contributed by atoms with Crippen molar-refractivity contribution in [2.75, 3.05) is 6.61 Å². The van der Waals surface area contributed by atoms with Crippen LogP contribution in [0.15, 0.2) is 0 Å². The predicted octanol–water partition coefficient (Wildman–Crippen LogP) is 8.25. The van der Waals surface area contributed by atoms with E-state index in [9.17, 15) is 9.90 Å². The summed E-state index contributed by atoms with van der Waals surface area (Å²) >= 11 is 0. The largest absolute Gasteiger partial charge is 0.396 e. The molecular formula is C32H61NO2. The standard InChI is InChI=1S/C28H49NO2.2C2H6/c1-18(2)7-6-8-19(3)21-9-10-22-26-20(13-16-30)17-24-28(5,15-12-25(31)29-24)23(26)11-14-27(21,22)4;2*1-2/h18-24,26,30H,6-17H2,1-5H3,(H,29,31);2*1-2H3/t19?,20?,21?,22?,23?,24?,26?,27-,28-;;/m1../s1. The second kappa shape index (κ2) is 13.3. The molecule has 3 heteroatoms. The summed E-state index contributed by atoms with van der Waals surface area (Å²) in [6.45, 7) is 20.7. The molecule has 9 atom stereocenters. The molecule has 35 heavy (non-hydrogen) atoms. The third-order valence-electron chi connectivity index (χ3n) is 11.0. The van der Waals surface area contributed by atoms with Crippen molar-refractivity contribution in [2.45, 2.75) is 139 Å². The molecule has 0 aromatic rings. The van der Waals surface area contributed by atoms with E-state index in [2.05, 4.69) is 39.9 Å². The van der Waals surface area contributed by atoms with Gasteiger partial charge in [0.15, 0.2) is 0 Å². The molecule has 0 aromatic heterocycles. The number of piperidine rings is 1. The fourth-order valence-electron chi connectivity index (χ4n) is 9.34. The van der Waals surface area contributed by atoms with Crippen molar-refractivity contribution in [2.24, 2.45) is 52.3 Å². The first-order valence-corrected chi connectivity index (χ1v) is 15.6. The van der Waals surface area contributed by atoms with Gasteiger partial charge in [-0.15, -0.1) is 0 Å². The molecule has 3 nitrogen and oxygen atoms in total. The van der Waals surface area contributed by atoms with Crippen LogP contribution < -0.4 is 5.32 Å². The van der Waals surface area contributed by atoms with Crippen molar-refractivity contribution in [1.82, 2.24) is 5.32 Å². The molecule has 3 saturated carbocycles. The molecule has 4 fully saturated rings. The van der Waals surface area contributed by atoms with Crippen molar-refractivity contribution >= 4 is 5.91 Å². The zero-order chi connectivity index (χ0) is 26.4. The fourth-order valence-corrected chi connectivity index (χ4v) is 9.34. The number of aliphatic hydroxyl groups is 1. The molecule has 1 saturated heterocycles. The normalized spacial score (nSPS) is 40.7. The minimum atomic E-state index is 0.250. The lowest BCUT2D eigenvalue weighted by Gasteiger charge is -2.63. The quantitative estimate of drug-likeness (QED) is 0.376. The Morgan fingerprint density at radius 1 is 0.943 bits per heavy atom. The number of hydrogen-bond donors (Lipinski definition) is 2. The summed E-state index contributed by atoms with van der Waals surface area (Å²) in [5, 5.41) is 13.3. The van der Waals surface area contributed by atoms with Crippen molar-refractivity contribution in [3.8, 4) is 0 Å². The molecule has 1 aliphatic heterocycles. The number of fused-ring (bicyclic) bond motifs is 5. The molecule has 0 aromatic carbocycles. The summed E-state index contributed by atoms with van der Waals surface area (Å²) in [4.78, 5) is 12.2. The van der Waals surface area contributed by atoms with E-state index in [-0.39, 0.29) is 11.3 Å². The van der Waals surface area contributed by atoms with Crippen LogP contribution in [0.4, 0.5) is 0 Å². The second-order valence-corrected chi connectivity index (χ2v) is 13.0. The van der Waals surface area contributed by atoms with E-state index in [0.717, 1.165) is 54.8 Å². The van der Waals surface area contributed by atoms with Crippen LogP contribution in [0.2, 0.25) is 0 Å². The molecule has 206 valence electrons. The van der Waals surface area contributed by atoms with E-state index in [1.54, 1.807) is 0 Å². The molecule has 4 rings (SSSR count). The van der Waals surface area contributed by atoms with Crippen LogP contribution in [0.5, 0.6) is 0 Å². The lowest BCUT2D eigenvalue weighted by molar-refractivity contribution is -0.147. The predicted molar refractivity (Wildman–Crippen MR) is 150 cm³/mol. The average molecular weight is 492 g/mol. The molecule has 1 amide bonds. The highest BCUT2D eigenvalue weighted by molar-refractivity contribution is 5.77. The number of aliphatic hydroxyl groups excluding tert-OH is 1. The van der Waals surface area contributed by atoms with Crippen LogP contribution in [0.25, 0.3) is 0 Å². The van der Waals surface area contributed by atoms with Gasteiger partial charge in [0.05, 0.1) is 0 Å². The molecule has 0 radical (unpaired) electrons. The second-order valence-electron chi connectivity index (χ2n) is 13.0. The van der Waals surface area contributed by atoms with Crippen molar-refractivity contribution in [1.29, 1.82) is 0 Å². The van der Waals surface area contributed by atoms with E-state index >= 15 is 0 Å². The Bertz CT molecular complexity index is 647. The number of rotatable bonds is 7. The molecule has 2 N–H and O–H groups in total. The molecule has 0 bridgehead atoms. The lowest BCUT2D eigenvalue weighted by Crippen LogP contribution is -2.63. The number of hydrogen-bond acceptors (Lipinski definition) is 2. The van der Waals surface area contributed by atoms with Crippen LogP contribution in [0.1, 0.15) is 133 Å². The summed E-state index contributed by atoms with van der Waals surface area (Å²) in [6.07, 6.45) is 13.4. The van der Waals surface area contributed by atoms with Crippen LogP contribution >= 0.6 is 0 Å². The summed E-state index contributed by atoms with van der Waals surface area (Å²) < 4.78 is 0. The number of carbonyl (C=O) groups excluding carboxylic acids is 1. The molecule has 3 aliphatic carbocycles. The maximum absolute atomic E-state index is 12.2. The minimum absolute atomic E-state index is 0.250. The summed E-state index contributed by atoms with van der Waals surface area (Å²) in [5.74, 6) is 5.63. The lowest BCUT2D eigenvalue weighted by atomic mass is 9.44. The van der Waals surface area contributed by atoms with E-state index in [1.165, 1.54) is 44.9 Å². The van der Waals surface area contributed by atoms with E-state index in [1.807, 2.05) is 27.7 Å². The Labute approximate surface area is 219 Å². The fraction of sp³-hybridized carbons (Fsp3) is 0.969. The highest BCUT2D eigenvalue weighted by Gasteiger charge is 2.62. The molecule has 0 spiro atoms. The Balaban J connectivity index is 0.00000103. The van der Waals surface area contributed by atoms with Gasteiger partial charge in [-0.25, -0.2) is 0 Å². The van der Waals surface area contributed by atoms with Crippen molar-refractivity contribution in [3.63, 3.8) is 0 Å². The van der Waals surface area contributed by atoms with E-state index < -0.39 is 0 Å². The van der Waals surface area contributed by atoms with Crippen molar-refractivity contribution < 1.29 is 9.90 Å². The first-order valence-electron chi connectivity index (χ1n) is 15.6. The third-order valence-corrected chi connectivity index (χ3v) is 11.0. The Morgan fingerprint density at radius 2 is 1.60 bits per heavy atom. The zero-order valence-electron chi connectivity index (χ0n) is 25.0.